The third-order valence-corrected chi connectivity index (χ3v) is 5.01. The normalized spacial score (nSPS) is 16.8. The van der Waals surface area contributed by atoms with Crippen molar-refractivity contribution in [1.82, 2.24) is 4.90 Å². The van der Waals surface area contributed by atoms with Crippen molar-refractivity contribution in [3.8, 4) is 5.75 Å². The molecule has 0 saturated carbocycles. The molecule has 1 heterocycles. The molecule has 1 saturated heterocycles. The van der Waals surface area contributed by atoms with E-state index in [1.807, 2.05) is 11.8 Å². The Morgan fingerprint density at radius 1 is 1.13 bits per heavy atom. The molecular formula is C22H23F3N2O3. The van der Waals surface area contributed by atoms with Crippen molar-refractivity contribution < 1.29 is 27.5 Å². The summed E-state index contributed by atoms with van der Waals surface area (Å²) in [6.45, 7) is 2.41. The number of ether oxygens (including phenoxy) is 1. The van der Waals surface area contributed by atoms with E-state index in [-0.39, 0.29) is 24.2 Å². The zero-order valence-electron chi connectivity index (χ0n) is 16.5. The molecule has 30 heavy (non-hydrogen) atoms. The zero-order valence-corrected chi connectivity index (χ0v) is 16.5. The van der Waals surface area contributed by atoms with Crippen LogP contribution in [0.3, 0.4) is 0 Å². The molecule has 1 fully saturated rings. The van der Waals surface area contributed by atoms with E-state index < -0.39 is 17.6 Å². The fourth-order valence-electron chi connectivity index (χ4n) is 3.38. The maximum absolute atomic E-state index is 12.7. The van der Waals surface area contributed by atoms with Gasteiger partial charge in [0.1, 0.15) is 5.75 Å². The molecule has 0 spiro atoms. The summed E-state index contributed by atoms with van der Waals surface area (Å²) in [6, 6.07) is 11.1. The first-order valence-corrected chi connectivity index (χ1v) is 9.75. The Morgan fingerprint density at radius 2 is 1.87 bits per heavy atom. The van der Waals surface area contributed by atoms with Crippen LogP contribution in [0, 0.1) is 0 Å². The summed E-state index contributed by atoms with van der Waals surface area (Å²) < 4.78 is 43.6. The summed E-state index contributed by atoms with van der Waals surface area (Å²) >= 11 is 0. The standard InChI is InChI=1S/C22H23F3N2O3/c1-15-5-2-3-12-27(15)21(29)16-8-10-19(11-9-16)30-14-20(28)26-18-7-4-6-17(13-18)22(23,24)25/h4,6-11,13,15H,2-3,5,12,14H2,1H3,(H,26,28). The number of halogens is 3. The molecule has 1 N–H and O–H groups in total. The molecule has 2 aromatic rings. The van der Waals surface area contributed by atoms with Crippen molar-refractivity contribution in [2.45, 2.75) is 38.4 Å². The number of piperidine rings is 1. The summed E-state index contributed by atoms with van der Waals surface area (Å²) in [4.78, 5) is 26.5. The van der Waals surface area contributed by atoms with Gasteiger partial charge in [0.15, 0.2) is 6.61 Å². The van der Waals surface area contributed by atoms with Crippen LogP contribution in [-0.4, -0.2) is 35.9 Å². The summed E-state index contributed by atoms with van der Waals surface area (Å²) in [5, 5.41) is 2.38. The molecule has 1 atom stereocenters. The Morgan fingerprint density at radius 3 is 2.53 bits per heavy atom. The Kier molecular flexibility index (Phi) is 6.64. The van der Waals surface area contributed by atoms with E-state index in [0.717, 1.165) is 37.9 Å². The van der Waals surface area contributed by atoms with E-state index in [1.165, 1.54) is 12.1 Å². The van der Waals surface area contributed by atoms with Crippen molar-refractivity contribution in [2.24, 2.45) is 0 Å². The molecule has 0 bridgehead atoms. The van der Waals surface area contributed by atoms with Crippen molar-refractivity contribution >= 4 is 17.5 Å². The molecule has 0 radical (unpaired) electrons. The average molecular weight is 420 g/mol. The lowest BCUT2D eigenvalue weighted by Crippen LogP contribution is -2.41. The smallest absolute Gasteiger partial charge is 0.416 e. The van der Waals surface area contributed by atoms with E-state index in [4.69, 9.17) is 4.74 Å². The maximum Gasteiger partial charge on any atom is 0.416 e. The molecule has 2 amide bonds. The number of amides is 2. The summed E-state index contributed by atoms with van der Waals surface area (Å²) in [6.07, 6.45) is -1.37. The van der Waals surface area contributed by atoms with Gasteiger partial charge in [-0.3, -0.25) is 9.59 Å². The fraction of sp³-hybridized carbons (Fsp3) is 0.364. The summed E-state index contributed by atoms with van der Waals surface area (Å²) in [5.41, 5.74) is -0.260. The van der Waals surface area contributed by atoms with E-state index in [0.29, 0.717) is 11.3 Å². The Bertz CT molecular complexity index is 897. The number of benzene rings is 2. The number of carbonyl (C=O) groups excluding carboxylic acids is 2. The molecule has 0 aromatic heterocycles. The highest BCUT2D eigenvalue weighted by Gasteiger charge is 2.30. The second kappa shape index (κ2) is 9.19. The topological polar surface area (TPSA) is 58.6 Å². The van der Waals surface area contributed by atoms with Gasteiger partial charge in [-0.2, -0.15) is 13.2 Å². The number of likely N-dealkylation sites (tertiary alicyclic amines) is 1. The minimum Gasteiger partial charge on any atom is -0.484 e. The van der Waals surface area contributed by atoms with E-state index in [1.54, 1.807) is 24.3 Å². The third kappa shape index (κ3) is 5.52. The van der Waals surface area contributed by atoms with Crippen LogP contribution in [0.25, 0.3) is 0 Å². The predicted molar refractivity (Wildman–Crippen MR) is 106 cm³/mol. The maximum atomic E-state index is 12.7. The van der Waals surface area contributed by atoms with Gasteiger partial charge in [0.05, 0.1) is 5.56 Å². The molecule has 2 aromatic carbocycles. The molecule has 160 valence electrons. The van der Waals surface area contributed by atoms with Crippen LogP contribution in [0.2, 0.25) is 0 Å². The number of rotatable bonds is 5. The second-order valence-electron chi connectivity index (χ2n) is 7.28. The van der Waals surface area contributed by atoms with Crippen LogP contribution < -0.4 is 10.1 Å². The van der Waals surface area contributed by atoms with E-state index in [9.17, 15) is 22.8 Å². The van der Waals surface area contributed by atoms with Crippen LogP contribution in [0.1, 0.15) is 42.1 Å². The van der Waals surface area contributed by atoms with Gasteiger partial charge in [-0.25, -0.2) is 0 Å². The first-order chi connectivity index (χ1) is 14.2. The minimum absolute atomic E-state index is 0.0314. The van der Waals surface area contributed by atoms with Gasteiger partial charge < -0.3 is 15.0 Å². The van der Waals surface area contributed by atoms with Gasteiger partial charge in [0.25, 0.3) is 11.8 Å². The van der Waals surface area contributed by atoms with Gasteiger partial charge in [-0.1, -0.05) is 6.07 Å². The highest BCUT2D eigenvalue weighted by molar-refractivity contribution is 5.94. The Labute approximate surface area is 172 Å². The van der Waals surface area contributed by atoms with Crippen molar-refractivity contribution in [3.63, 3.8) is 0 Å². The lowest BCUT2D eigenvalue weighted by Gasteiger charge is -2.33. The van der Waals surface area contributed by atoms with Crippen molar-refractivity contribution in [2.75, 3.05) is 18.5 Å². The molecule has 5 nitrogen and oxygen atoms in total. The van der Waals surface area contributed by atoms with Crippen LogP contribution >= 0.6 is 0 Å². The number of nitrogens with zero attached hydrogens (tertiary/aromatic N) is 1. The minimum atomic E-state index is -4.48. The summed E-state index contributed by atoms with van der Waals surface area (Å²) in [7, 11) is 0. The quantitative estimate of drug-likeness (QED) is 0.760. The first kappa shape index (κ1) is 21.7. The molecule has 3 rings (SSSR count). The second-order valence-corrected chi connectivity index (χ2v) is 7.28. The number of anilines is 1. The van der Waals surface area contributed by atoms with Gasteiger partial charge in [-0.15, -0.1) is 0 Å². The van der Waals surface area contributed by atoms with E-state index in [2.05, 4.69) is 5.32 Å². The Hall–Kier alpha value is -3.03. The largest absolute Gasteiger partial charge is 0.484 e. The van der Waals surface area contributed by atoms with Gasteiger partial charge >= 0.3 is 6.18 Å². The zero-order chi connectivity index (χ0) is 21.7. The molecule has 8 heteroatoms. The predicted octanol–water partition coefficient (Wildman–Crippen LogP) is 4.74. The average Bonchev–Trinajstić information content (AvgIpc) is 2.72. The van der Waals surface area contributed by atoms with Crippen molar-refractivity contribution in [1.29, 1.82) is 0 Å². The molecule has 1 aliphatic rings. The van der Waals surface area contributed by atoms with Crippen LogP contribution in [-0.2, 0) is 11.0 Å². The molecular weight excluding hydrogens is 397 g/mol. The molecule has 0 aliphatic carbocycles. The highest BCUT2D eigenvalue weighted by atomic mass is 19.4. The number of hydrogen-bond donors (Lipinski definition) is 1. The van der Waals surface area contributed by atoms with Crippen LogP contribution in [0.5, 0.6) is 5.75 Å². The molecule has 1 aliphatic heterocycles. The molecule has 1 unspecified atom stereocenters. The van der Waals surface area contributed by atoms with Crippen molar-refractivity contribution in [3.05, 3.63) is 59.7 Å². The van der Waals surface area contributed by atoms with Gasteiger partial charge in [-0.05, 0) is 68.7 Å². The number of hydrogen-bond acceptors (Lipinski definition) is 3. The summed E-state index contributed by atoms with van der Waals surface area (Å²) in [5.74, 6) is -0.231. The first-order valence-electron chi connectivity index (χ1n) is 9.75. The van der Waals surface area contributed by atoms with Gasteiger partial charge in [0, 0.05) is 23.8 Å². The lowest BCUT2D eigenvalue weighted by molar-refractivity contribution is -0.137. The lowest BCUT2D eigenvalue weighted by atomic mass is 10.0. The van der Waals surface area contributed by atoms with E-state index >= 15 is 0 Å². The van der Waals surface area contributed by atoms with Crippen LogP contribution in [0.15, 0.2) is 48.5 Å². The fourth-order valence-corrected chi connectivity index (χ4v) is 3.38. The number of nitrogens with one attached hydrogen (secondary N) is 1. The van der Waals surface area contributed by atoms with Crippen LogP contribution in [0.4, 0.5) is 18.9 Å². The highest BCUT2D eigenvalue weighted by Crippen LogP contribution is 2.30. The Balaban J connectivity index is 1.53. The number of carbonyl (C=O) groups is 2. The monoisotopic (exact) mass is 420 g/mol. The number of alkyl halides is 3. The SMILES string of the molecule is CC1CCCCN1C(=O)c1ccc(OCC(=O)Nc2cccc(C(F)(F)F)c2)cc1. The van der Waals surface area contributed by atoms with Gasteiger partial charge in [0.2, 0.25) is 0 Å². The third-order valence-electron chi connectivity index (χ3n) is 5.01.